The number of hydrogen-bond donors (Lipinski definition) is 1. The number of fused-ring (bicyclic) bond motifs is 1. The molecule has 5 heteroatoms. The second-order valence-corrected chi connectivity index (χ2v) is 6.97. The Morgan fingerprint density at radius 2 is 1.68 bits per heavy atom. The quantitative estimate of drug-likeness (QED) is 0.337. The second kappa shape index (κ2) is 9.59. The zero-order chi connectivity index (χ0) is 21.5. The van der Waals surface area contributed by atoms with E-state index in [2.05, 4.69) is 40.9 Å². The maximum absolute atomic E-state index is 12.2. The Labute approximate surface area is 180 Å². The van der Waals surface area contributed by atoms with Gasteiger partial charge in [-0.25, -0.2) is 5.43 Å². The first-order valence-electron chi connectivity index (χ1n) is 9.89. The third kappa shape index (κ3) is 5.28. The van der Waals surface area contributed by atoms with E-state index in [-0.39, 0.29) is 5.91 Å². The maximum atomic E-state index is 12.2. The number of amides is 1. The predicted octanol–water partition coefficient (Wildman–Crippen LogP) is 5.19. The van der Waals surface area contributed by atoms with Gasteiger partial charge in [-0.3, -0.25) is 4.79 Å². The summed E-state index contributed by atoms with van der Waals surface area (Å²) >= 11 is 0. The van der Waals surface area contributed by atoms with Gasteiger partial charge in [0.15, 0.2) is 0 Å². The van der Waals surface area contributed by atoms with Crippen molar-refractivity contribution in [3.05, 3.63) is 108 Å². The number of rotatable bonds is 7. The number of hydrazone groups is 1. The zero-order valence-electron chi connectivity index (χ0n) is 17.1. The van der Waals surface area contributed by atoms with Crippen LogP contribution in [0.5, 0.6) is 11.5 Å². The molecule has 0 fully saturated rings. The molecule has 4 aromatic rings. The fraction of sp³-hybridized carbons (Fsp3) is 0.0769. The van der Waals surface area contributed by atoms with Crippen molar-refractivity contribution in [1.29, 1.82) is 0 Å². The van der Waals surface area contributed by atoms with E-state index in [9.17, 15) is 4.79 Å². The fourth-order valence-corrected chi connectivity index (χ4v) is 3.14. The molecule has 0 heterocycles. The Hall–Kier alpha value is -4.12. The highest BCUT2D eigenvalue weighted by Gasteiger charge is 2.05. The van der Waals surface area contributed by atoms with Gasteiger partial charge in [0.25, 0.3) is 5.91 Å². The molecule has 1 amide bonds. The first-order chi connectivity index (χ1) is 15.2. The highest BCUT2D eigenvalue weighted by molar-refractivity contribution is 5.95. The third-order valence-electron chi connectivity index (χ3n) is 4.81. The molecule has 0 saturated carbocycles. The van der Waals surface area contributed by atoms with E-state index in [1.807, 2.05) is 36.4 Å². The first kappa shape index (κ1) is 20.2. The number of carbonyl (C=O) groups is 1. The molecule has 5 nitrogen and oxygen atoms in total. The largest absolute Gasteiger partial charge is 0.497 e. The summed E-state index contributed by atoms with van der Waals surface area (Å²) in [5.74, 6) is 1.09. The molecule has 1 N–H and O–H groups in total. The van der Waals surface area contributed by atoms with E-state index in [1.54, 1.807) is 37.6 Å². The molecule has 0 saturated heterocycles. The molecule has 0 aliphatic carbocycles. The van der Waals surface area contributed by atoms with Crippen LogP contribution in [0.1, 0.15) is 21.5 Å². The van der Waals surface area contributed by atoms with Crippen LogP contribution in [-0.4, -0.2) is 19.2 Å². The lowest BCUT2D eigenvalue weighted by Gasteiger charge is -2.08. The van der Waals surface area contributed by atoms with Gasteiger partial charge < -0.3 is 9.47 Å². The molecule has 0 bridgehead atoms. The van der Waals surface area contributed by atoms with Crippen LogP contribution in [0.4, 0.5) is 0 Å². The van der Waals surface area contributed by atoms with E-state index >= 15 is 0 Å². The van der Waals surface area contributed by atoms with Gasteiger partial charge in [0, 0.05) is 5.56 Å². The van der Waals surface area contributed by atoms with Crippen molar-refractivity contribution in [2.75, 3.05) is 7.11 Å². The number of ether oxygens (including phenoxy) is 2. The van der Waals surface area contributed by atoms with Crippen LogP contribution in [0.15, 0.2) is 96.1 Å². The zero-order valence-corrected chi connectivity index (χ0v) is 17.1. The van der Waals surface area contributed by atoms with Gasteiger partial charge in [-0.1, -0.05) is 42.5 Å². The highest BCUT2D eigenvalue weighted by Crippen LogP contribution is 2.18. The normalized spacial score (nSPS) is 10.9. The summed E-state index contributed by atoms with van der Waals surface area (Å²) in [5.41, 5.74) is 4.97. The van der Waals surface area contributed by atoms with Crippen LogP contribution in [0, 0.1) is 0 Å². The molecule has 0 radical (unpaired) electrons. The van der Waals surface area contributed by atoms with Crippen LogP contribution in [-0.2, 0) is 6.61 Å². The minimum atomic E-state index is -0.300. The Bertz CT molecular complexity index is 1220. The average Bonchev–Trinajstić information content (AvgIpc) is 2.83. The van der Waals surface area contributed by atoms with E-state index in [0.717, 1.165) is 16.9 Å². The molecule has 31 heavy (non-hydrogen) atoms. The topological polar surface area (TPSA) is 59.9 Å². The Balaban J connectivity index is 1.31. The summed E-state index contributed by atoms with van der Waals surface area (Å²) in [5, 5.41) is 6.44. The number of nitrogens with zero attached hydrogens (tertiary/aromatic N) is 1. The van der Waals surface area contributed by atoms with Crippen LogP contribution in [0.2, 0.25) is 0 Å². The molecule has 0 aromatic heterocycles. The van der Waals surface area contributed by atoms with Crippen LogP contribution in [0.3, 0.4) is 0 Å². The molecule has 0 unspecified atom stereocenters. The lowest BCUT2D eigenvalue weighted by atomic mass is 10.1. The third-order valence-corrected chi connectivity index (χ3v) is 4.81. The van der Waals surface area contributed by atoms with Crippen molar-refractivity contribution in [3.8, 4) is 11.5 Å². The Morgan fingerprint density at radius 1 is 0.871 bits per heavy atom. The van der Waals surface area contributed by atoms with Gasteiger partial charge in [-0.2, -0.15) is 5.10 Å². The van der Waals surface area contributed by atoms with Crippen LogP contribution < -0.4 is 14.9 Å². The van der Waals surface area contributed by atoms with Gasteiger partial charge in [0.1, 0.15) is 18.1 Å². The number of hydrogen-bond acceptors (Lipinski definition) is 4. The summed E-state index contributed by atoms with van der Waals surface area (Å²) in [6, 6.07) is 29.0. The summed E-state index contributed by atoms with van der Waals surface area (Å²) in [4.78, 5) is 12.2. The summed E-state index contributed by atoms with van der Waals surface area (Å²) in [6.45, 7) is 0.495. The standard InChI is InChI=1S/C26H22N2O3/c1-30-25-8-4-7-23(16-25)26(29)28-27-17-19-10-13-24(14-11-19)31-18-20-9-12-21-5-2-3-6-22(21)15-20/h2-17H,18H2,1H3,(H,28,29)/b27-17-. The fourth-order valence-electron chi connectivity index (χ4n) is 3.14. The van der Waals surface area contributed by atoms with E-state index in [1.165, 1.54) is 10.8 Å². The van der Waals surface area contributed by atoms with Crippen molar-refractivity contribution in [2.24, 2.45) is 5.10 Å². The SMILES string of the molecule is COc1cccc(C(=O)N/N=C\c2ccc(OCc3ccc4ccccc4c3)cc2)c1. The van der Waals surface area contributed by atoms with Crippen molar-refractivity contribution < 1.29 is 14.3 Å². The molecule has 0 atom stereocenters. The number of carbonyl (C=O) groups excluding carboxylic acids is 1. The molecule has 4 rings (SSSR count). The Morgan fingerprint density at radius 3 is 2.48 bits per heavy atom. The minimum absolute atomic E-state index is 0.300. The monoisotopic (exact) mass is 410 g/mol. The summed E-state index contributed by atoms with van der Waals surface area (Å²) in [7, 11) is 1.56. The molecule has 0 aliphatic heterocycles. The summed E-state index contributed by atoms with van der Waals surface area (Å²) < 4.78 is 11.0. The molecule has 154 valence electrons. The van der Waals surface area contributed by atoms with Gasteiger partial charge >= 0.3 is 0 Å². The number of methoxy groups -OCH3 is 1. The lowest BCUT2D eigenvalue weighted by Crippen LogP contribution is -2.17. The van der Waals surface area contributed by atoms with Gasteiger partial charge in [0.05, 0.1) is 13.3 Å². The molecule has 4 aromatic carbocycles. The highest BCUT2D eigenvalue weighted by atomic mass is 16.5. The van der Waals surface area contributed by atoms with Crippen molar-refractivity contribution in [2.45, 2.75) is 6.61 Å². The van der Waals surface area contributed by atoms with Crippen LogP contribution in [0.25, 0.3) is 10.8 Å². The molecule has 0 aliphatic rings. The van der Waals surface area contributed by atoms with E-state index in [0.29, 0.717) is 17.9 Å². The lowest BCUT2D eigenvalue weighted by molar-refractivity contribution is 0.0955. The smallest absolute Gasteiger partial charge is 0.271 e. The molecular formula is C26H22N2O3. The number of nitrogens with one attached hydrogen (secondary N) is 1. The van der Waals surface area contributed by atoms with E-state index in [4.69, 9.17) is 9.47 Å². The first-order valence-corrected chi connectivity index (χ1v) is 9.89. The van der Waals surface area contributed by atoms with E-state index < -0.39 is 0 Å². The minimum Gasteiger partial charge on any atom is -0.497 e. The van der Waals surface area contributed by atoms with Gasteiger partial charge in [0.2, 0.25) is 0 Å². The molecule has 0 spiro atoms. The molecular weight excluding hydrogens is 388 g/mol. The van der Waals surface area contributed by atoms with Gasteiger partial charge in [-0.05, 0) is 70.4 Å². The summed E-state index contributed by atoms with van der Waals surface area (Å²) in [6.07, 6.45) is 1.59. The van der Waals surface area contributed by atoms with Gasteiger partial charge in [-0.15, -0.1) is 0 Å². The van der Waals surface area contributed by atoms with Crippen molar-refractivity contribution in [3.63, 3.8) is 0 Å². The predicted molar refractivity (Wildman–Crippen MR) is 123 cm³/mol. The van der Waals surface area contributed by atoms with Crippen molar-refractivity contribution in [1.82, 2.24) is 5.43 Å². The number of benzene rings is 4. The Kier molecular flexibility index (Phi) is 6.24. The average molecular weight is 410 g/mol. The second-order valence-electron chi connectivity index (χ2n) is 6.97. The van der Waals surface area contributed by atoms with Crippen LogP contribution >= 0.6 is 0 Å². The maximum Gasteiger partial charge on any atom is 0.271 e. The van der Waals surface area contributed by atoms with Crippen molar-refractivity contribution >= 4 is 22.9 Å².